The Morgan fingerprint density at radius 3 is 2.50 bits per heavy atom. The van der Waals surface area contributed by atoms with Crippen molar-refractivity contribution in [2.45, 2.75) is 26.9 Å². The number of rotatable bonds is 9. The first kappa shape index (κ1) is 23.1. The van der Waals surface area contributed by atoms with Gasteiger partial charge in [0.25, 0.3) is 11.6 Å². The lowest BCUT2D eigenvalue weighted by molar-refractivity contribution is -0.384. The topological polar surface area (TPSA) is 111 Å². The molecule has 2 aromatic carbocycles. The number of nitro groups is 1. The number of non-ortho nitro benzene ring substituents is 1. The zero-order valence-electron chi connectivity index (χ0n) is 17.6. The van der Waals surface area contributed by atoms with E-state index in [1.165, 1.54) is 18.2 Å². The summed E-state index contributed by atoms with van der Waals surface area (Å²) in [4.78, 5) is 35.9. The van der Waals surface area contributed by atoms with Crippen LogP contribution in [-0.4, -0.2) is 34.9 Å². The van der Waals surface area contributed by atoms with Crippen LogP contribution >= 0.6 is 11.6 Å². The number of nitro benzene ring substituents is 1. The monoisotopic (exact) mass is 459 g/mol. The molecule has 168 valence electrons. The molecule has 1 N–H and O–H groups in total. The molecular weight excluding hydrogens is 438 g/mol. The van der Waals surface area contributed by atoms with Gasteiger partial charge in [-0.1, -0.05) is 18.5 Å². The number of nitrogens with zero attached hydrogens (tertiary/aromatic N) is 2. The van der Waals surface area contributed by atoms with Gasteiger partial charge in [0.15, 0.2) is 11.5 Å². The highest BCUT2D eigenvalue weighted by Gasteiger charge is 2.32. The summed E-state index contributed by atoms with van der Waals surface area (Å²) in [6, 6.07) is 8.80. The van der Waals surface area contributed by atoms with Gasteiger partial charge >= 0.3 is 6.03 Å². The van der Waals surface area contributed by atoms with E-state index in [0.29, 0.717) is 36.6 Å². The Bertz CT molecular complexity index is 1070. The van der Waals surface area contributed by atoms with Crippen LogP contribution in [0.3, 0.4) is 0 Å². The number of carbonyl (C=O) groups is 2. The van der Waals surface area contributed by atoms with E-state index in [1.807, 2.05) is 13.8 Å². The third-order valence-electron chi connectivity index (χ3n) is 4.58. The zero-order chi connectivity index (χ0) is 23.3. The highest BCUT2D eigenvalue weighted by Crippen LogP contribution is 2.38. The Morgan fingerprint density at radius 2 is 1.88 bits per heavy atom. The maximum absolute atomic E-state index is 12.4. The summed E-state index contributed by atoms with van der Waals surface area (Å²) < 4.78 is 11.5. The first-order chi connectivity index (χ1) is 15.3. The molecule has 1 aliphatic heterocycles. The van der Waals surface area contributed by atoms with Crippen molar-refractivity contribution in [3.63, 3.8) is 0 Å². The standard InChI is InChI=1S/C22H22ClN3O6/c1-3-9-25-21(27)18(24-22(25)28)11-15-10-17(23)20(19(12-15)31-4-2)32-13-14-5-7-16(8-6-14)26(29)30/h5-8,10-12H,3-4,9,13H2,1-2H3,(H,24,28)/b18-11+. The molecule has 0 bridgehead atoms. The molecule has 0 atom stereocenters. The number of hydrogen-bond acceptors (Lipinski definition) is 6. The van der Waals surface area contributed by atoms with Crippen molar-refractivity contribution in [3.05, 3.63) is 68.4 Å². The lowest BCUT2D eigenvalue weighted by Gasteiger charge is -2.15. The van der Waals surface area contributed by atoms with Crippen molar-refractivity contribution < 1.29 is 24.0 Å². The SMILES string of the molecule is CCCN1C(=O)N/C(=C/c2cc(Cl)c(OCc3ccc([N+](=O)[O-])cc3)c(OCC)c2)C1=O. The lowest BCUT2D eigenvalue weighted by Crippen LogP contribution is -2.31. The maximum atomic E-state index is 12.4. The predicted octanol–water partition coefficient (Wildman–Crippen LogP) is 4.53. The fourth-order valence-electron chi connectivity index (χ4n) is 3.11. The number of nitrogens with one attached hydrogen (secondary N) is 1. The van der Waals surface area contributed by atoms with Crippen molar-refractivity contribution in [2.75, 3.05) is 13.2 Å². The molecule has 0 aliphatic carbocycles. The Labute approximate surface area is 189 Å². The third kappa shape index (κ3) is 5.17. The summed E-state index contributed by atoms with van der Waals surface area (Å²) in [5.74, 6) is 0.281. The minimum Gasteiger partial charge on any atom is -0.490 e. The van der Waals surface area contributed by atoms with Gasteiger partial charge in [0.2, 0.25) is 0 Å². The Morgan fingerprint density at radius 1 is 1.16 bits per heavy atom. The second kappa shape index (κ2) is 10.1. The van der Waals surface area contributed by atoms with Crippen LogP contribution in [-0.2, 0) is 11.4 Å². The van der Waals surface area contributed by atoms with Crippen molar-refractivity contribution in [2.24, 2.45) is 0 Å². The number of urea groups is 1. The van der Waals surface area contributed by atoms with Gasteiger partial charge in [0, 0.05) is 18.7 Å². The molecule has 1 aliphatic rings. The average molecular weight is 460 g/mol. The number of benzene rings is 2. The lowest BCUT2D eigenvalue weighted by atomic mass is 10.1. The van der Waals surface area contributed by atoms with Crippen molar-refractivity contribution >= 4 is 35.3 Å². The maximum Gasteiger partial charge on any atom is 0.329 e. The first-order valence-corrected chi connectivity index (χ1v) is 10.4. The van der Waals surface area contributed by atoms with Crippen LogP contribution in [0.15, 0.2) is 42.1 Å². The molecular formula is C22H22ClN3O6. The van der Waals surface area contributed by atoms with Crippen LogP contribution in [0.2, 0.25) is 5.02 Å². The van der Waals surface area contributed by atoms with Crippen LogP contribution < -0.4 is 14.8 Å². The molecule has 1 fully saturated rings. The normalized spacial score (nSPS) is 14.6. The average Bonchev–Trinajstić information content (AvgIpc) is 3.01. The minimum atomic E-state index is -0.471. The van der Waals surface area contributed by atoms with Crippen LogP contribution in [0.4, 0.5) is 10.5 Å². The van der Waals surface area contributed by atoms with Gasteiger partial charge in [0.05, 0.1) is 16.6 Å². The summed E-state index contributed by atoms with van der Waals surface area (Å²) in [5.41, 5.74) is 1.42. The third-order valence-corrected chi connectivity index (χ3v) is 4.86. The molecule has 10 heteroatoms. The minimum absolute atomic E-state index is 0.00905. The second-order valence-corrected chi connectivity index (χ2v) is 7.33. The van der Waals surface area contributed by atoms with Crippen molar-refractivity contribution in [1.29, 1.82) is 0 Å². The predicted molar refractivity (Wildman–Crippen MR) is 119 cm³/mol. The summed E-state index contributed by atoms with van der Waals surface area (Å²) >= 11 is 6.43. The number of amides is 3. The van der Waals surface area contributed by atoms with Crippen molar-refractivity contribution in [3.8, 4) is 11.5 Å². The quantitative estimate of drug-likeness (QED) is 0.255. The van der Waals surface area contributed by atoms with Gasteiger partial charge < -0.3 is 14.8 Å². The first-order valence-electron chi connectivity index (χ1n) is 10.0. The summed E-state index contributed by atoms with van der Waals surface area (Å²) in [5, 5.41) is 13.6. The van der Waals surface area contributed by atoms with Gasteiger partial charge in [0.1, 0.15) is 12.3 Å². The Hall–Kier alpha value is -3.59. The molecule has 32 heavy (non-hydrogen) atoms. The molecule has 3 rings (SSSR count). The molecule has 2 aromatic rings. The summed E-state index contributed by atoms with van der Waals surface area (Å²) in [6.45, 7) is 4.50. The van der Waals surface area contributed by atoms with E-state index in [9.17, 15) is 19.7 Å². The van der Waals surface area contributed by atoms with E-state index in [4.69, 9.17) is 21.1 Å². The Kier molecular flexibility index (Phi) is 7.32. The largest absolute Gasteiger partial charge is 0.490 e. The van der Waals surface area contributed by atoms with E-state index in [2.05, 4.69) is 5.32 Å². The smallest absolute Gasteiger partial charge is 0.329 e. The molecule has 0 radical (unpaired) electrons. The van der Waals surface area contributed by atoms with Crippen LogP contribution in [0.1, 0.15) is 31.4 Å². The molecule has 0 aromatic heterocycles. The molecule has 0 unspecified atom stereocenters. The van der Waals surface area contributed by atoms with Crippen LogP contribution in [0, 0.1) is 10.1 Å². The molecule has 0 saturated carbocycles. The molecule has 0 spiro atoms. The summed E-state index contributed by atoms with van der Waals surface area (Å²) in [6.07, 6.45) is 2.19. The van der Waals surface area contributed by atoms with Gasteiger partial charge in [-0.3, -0.25) is 19.8 Å². The van der Waals surface area contributed by atoms with E-state index < -0.39 is 16.9 Å². The highest BCUT2D eigenvalue weighted by molar-refractivity contribution is 6.32. The zero-order valence-corrected chi connectivity index (χ0v) is 18.3. The van der Waals surface area contributed by atoms with Gasteiger partial charge in [-0.05, 0) is 54.8 Å². The number of carbonyl (C=O) groups excluding carboxylic acids is 2. The Balaban J connectivity index is 1.82. The van der Waals surface area contributed by atoms with Crippen LogP contribution in [0.5, 0.6) is 11.5 Å². The fraction of sp³-hybridized carbons (Fsp3) is 0.273. The van der Waals surface area contributed by atoms with E-state index >= 15 is 0 Å². The van der Waals surface area contributed by atoms with E-state index in [-0.39, 0.29) is 23.0 Å². The van der Waals surface area contributed by atoms with E-state index in [1.54, 1.807) is 24.3 Å². The second-order valence-electron chi connectivity index (χ2n) is 6.92. The molecule has 3 amide bonds. The fourth-order valence-corrected chi connectivity index (χ4v) is 3.38. The van der Waals surface area contributed by atoms with Gasteiger partial charge in [-0.15, -0.1) is 0 Å². The molecule has 1 heterocycles. The van der Waals surface area contributed by atoms with E-state index in [0.717, 1.165) is 10.5 Å². The number of ether oxygens (including phenoxy) is 2. The number of imide groups is 1. The molecule has 9 nitrogen and oxygen atoms in total. The van der Waals surface area contributed by atoms with Crippen molar-refractivity contribution in [1.82, 2.24) is 10.2 Å². The highest BCUT2D eigenvalue weighted by atomic mass is 35.5. The summed E-state index contributed by atoms with van der Waals surface area (Å²) in [7, 11) is 0. The van der Waals surface area contributed by atoms with Crippen LogP contribution in [0.25, 0.3) is 6.08 Å². The number of hydrogen-bond donors (Lipinski definition) is 1. The van der Waals surface area contributed by atoms with Gasteiger partial charge in [-0.25, -0.2) is 4.79 Å². The van der Waals surface area contributed by atoms with Gasteiger partial charge in [-0.2, -0.15) is 0 Å². The molecule has 1 saturated heterocycles. The number of halogens is 1.